The first-order chi connectivity index (χ1) is 9.44. The van der Waals surface area contributed by atoms with Crippen molar-refractivity contribution in [2.75, 3.05) is 0 Å². The molecular weight excluding hydrogens is 262 g/mol. The van der Waals surface area contributed by atoms with E-state index in [2.05, 4.69) is 67.4 Å². The van der Waals surface area contributed by atoms with Crippen molar-refractivity contribution in [1.29, 1.82) is 0 Å². The van der Waals surface area contributed by atoms with Crippen molar-refractivity contribution >= 4 is 5.91 Å². The molecule has 0 saturated heterocycles. The summed E-state index contributed by atoms with van der Waals surface area (Å²) in [5.74, 6) is 0.0619. The van der Waals surface area contributed by atoms with Crippen molar-refractivity contribution in [1.82, 2.24) is 14.7 Å². The quantitative estimate of drug-likeness (QED) is 0.833. The van der Waals surface area contributed by atoms with Gasteiger partial charge in [-0.1, -0.05) is 13.8 Å². The Kier molecular flexibility index (Phi) is 3.51. The molecule has 118 valence electrons. The fraction of sp³-hybridized carbons (Fsp3) is 0.765. The van der Waals surface area contributed by atoms with E-state index in [4.69, 9.17) is 0 Å². The second kappa shape index (κ2) is 4.59. The van der Waals surface area contributed by atoms with Gasteiger partial charge in [0.2, 0.25) is 0 Å². The molecule has 1 aromatic heterocycles. The highest BCUT2D eigenvalue weighted by molar-refractivity contribution is 5.97. The molecule has 0 aliphatic carbocycles. The Morgan fingerprint density at radius 2 is 1.52 bits per heavy atom. The van der Waals surface area contributed by atoms with Crippen molar-refractivity contribution in [3.63, 3.8) is 0 Å². The first-order valence-corrected chi connectivity index (χ1v) is 7.87. The molecule has 4 heteroatoms. The molecule has 0 fully saturated rings. The predicted octanol–water partition coefficient (Wildman–Crippen LogP) is 3.69. The zero-order valence-electron chi connectivity index (χ0n) is 14.9. The minimum Gasteiger partial charge on any atom is -0.329 e. The largest absolute Gasteiger partial charge is 0.329 e. The summed E-state index contributed by atoms with van der Waals surface area (Å²) >= 11 is 0. The van der Waals surface area contributed by atoms with Gasteiger partial charge in [-0.15, -0.1) is 0 Å². The SMILES string of the molecule is Cc1c2c(nn1C(C)C)C(=O)N(C(C)C)C(C)(C)C2(C)C. The van der Waals surface area contributed by atoms with Crippen LogP contribution in [0.5, 0.6) is 0 Å². The molecule has 2 rings (SSSR count). The van der Waals surface area contributed by atoms with Crippen molar-refractivity contribution in [2.45, 2.75) is 85.4 Å². The molecule has 21 heavy (non-hydrogen) atoms. The first-order valence-electron chi connectivity index (χ1n) is 7.87. The molecule has 0 unspecified atom stereocenters. The summed E-state index contributed by atoms with van der Waals surface area (Å²) in [6.45, 7) is 19.2. The minimum atomic E-state index is -0.249. The fourth-order valence-corrected chi connectivity index (χ4v) is 3.77. The fourth-order valence-electron chi connectivity index (χ4n) is 3.77. The standard InChI is InChI=1S/C17H29N3O/c1-10(2)19-15(21)14-13(16(6,7)17(19,8)9)12(5)20(18-14)11(3)4/h10-11H,1-9H3. The minimum absolute atomic E-state index is 0.0619. The van der Waals surface area contributed by atoms with E-state index in [1.165, 1.54) is 0 Å². The summed E-state index contributed by atoms with van der Waals surface area (Å²) in [4.78, 5) is 15.0. The third-order valence-corrected chi connectivity index (χ3v) is 5.33. The maximum Gasteiger partial charge on any atom is 0.275 e. The lowest BCUT2D eigenvalue weighted by Gasteiger charge is -2.54. The Balaban J connectivity index is 2.79. The lowest BCUT2D eigenvalue weighted by Crippen LogP contribution is -2.64. The average Bonchev–Trinajstić information content (AvgIpc) is 2.65. The number of nitrogens with zero attached hydrogens (tertiary/aromatic N) is 3. The molecule has 1 amide bonds. The van der Waals surface area contributed by atoms with E-state index < -0.39 is 0 Å². The smallest absolute Gasteiger partial charge is 0.275 e. The van der Waals surface area contributed by atoms with E-state index in [-0.39, 0.29) is 28.9 Å². The van der Waals surface area contributed by atoms with Gasteiger partial charge in [-0.3, -0.25) is 9.48 Å². The van der Waals surface area contributed by atoms with Crippen LogP contribution in [0.3, 0.4) is 0 Å². The molecule has 4 nitrogen and oxygen atoms in total. The molecule has 0 atom stereocenters. The van der Waals surface area contributed by atoms with Gasteiger partial charge in [-0.25, -0.2) is 0 Å². The highest BCUT2D eigenvalue weighted by Crippen LogP contribution is 2.47. The maximum absolute atomic E-state index is 13.0. The van der Waals surface area contributed by atoms with Crippen LogP contribution >= 0.6 is 0 Å². The van der Waals surface area contributed by atoms with Gasteiger partial charge in [-0.2, -0.15) is 5.10 Å². The monoisotopic (exact) mass is 291 g/mol. The number of fused-ring (bicyclic) bond motifs is 1. The zero-order chi connectivity index (χ0) is 16.3. The number of rotatable bonds is 2. The Labute approximate surface area is 128 Å². The summed E-state index contributed by atoms with van der Waals surface area (Å²) < 4.78 is 1.99. The van der Waals surface area contributed by atoms with Crippen LogP contribution in [0.1, 0.15) is 83.2 Å². The zero-order valence-corrected chi connectivity index (χ0v) is 14.9. The van der Waals surface area contributed by atoms with Gasteiger partial charge >= 0.3 is 0 Å². The van der Waals surface area contributed by atoms with Gasteiger partial charge in [0.15, 0.2) is 5.69 Å². The van der Waals surface area contributed by atoms with Crippen molar-refractivity contribution in [3.05, 3.63) is 17.0 Å². The van der Waals surface area contributed by atoms with Crippen LogP contribution in [-0.2, 0) is 5.41 Å². The van der Waals surface area contributed by atoms with E-state index in [0.717, 1.165) is 11.3 Å². The Hall–Kier alpha value is -1.32. The Bertz CT molecular complexity index is 579. The summed E-state index contributed by atoms with van der Waals surface area (Å²) in [6.07, 6.45) is 0. The average molecular weight is 291 g/mol. The van der Waals surface area contributed by atoms with Gasteiger partial charge in [0, 0.05) is 34.3 Å². The number of carbonyl (C=O) groups excluding carboxylic acids is 1. The lowest BCUT2D eigenvalue weighted by molar-refractivity contribution is 0.0134. The van der Waals surface area contributed by atoms with Gasteiger partial charge in [0.25, 0.3) is 5.91 Å². The van der Waals surface area contributed by atoms with Gasteiger partial charge in [-0.05, 0) is 48.5 Å². The van der Waals surface area contributed by atoms with Crippen LogP contribution in [0.15, 0.2) is 0 Å². The van der Waals surface area contributed by atoms with Crippen LogP contribution < -0.4 is 0 Å². The Morgan fingerprint density at radius 3 is 1.95 bits per heavy atom. The van der Waals surface area contributed by atoms with Crippen LogP contribution in [0, 0.1) is 6.92 Å². The summed E-state index contributed by atoms with van der Waals surface area (Å²) in [5.41, 5.74) is 2.48. The highest BCUT2D eigenvalue weighted by Gasteiger charge is 2.54. The van der Waals surface area contributed by atoms with Crippen LogP contribution in [0.2, 0.25) is 0 Å². The highest BCUT2D eigenvalue weighted by atomic mass is 16.2. The molecule has 0 saturated carbocycles. The van der Waals surface area contributed by atoms with Crippen molar-refractivity contribution in [3.8, 4) is 0 Å². The summed E-state index contributed by atoms with van der Waals surface area (Å²) in [6, 6.07) is 0.416. The van der Waals surface area contributed by atoms with E-state index in [0.29, 0.717) is 5.69 Å². The third kappa shape index (κ3) is 1.95. The van der Waals surface area contributed by atoms with Crippen LogP contribution in [0.4, 0.5) is 0 Å². The van der Waals surface area contributed by atoms with Crippen molar-refractivity contribution in [2.24, 2.45) is 0 Å². The van der Waals surface area contributed by atoms with Gasteiger partial charge in [0.05, 0.1) is 0 Å². The predicted molar refractivity (Wildman–Crippen MR) is 85.8 cm³/mol. The summed E-state index contributed by atoms with van der Waals surface area (Å²) in [7, 11) is 0. The summed E-state index contributed by atoms with van der Waals surface area (Å²) in [5, 5.41) is 4.65. The lowest BCUT2D eigenvalue weighted by atomic mass is 9.65. The normalized spacial score (nSPS) is 20.3. The topological polar surface area (TPSA) is 38.1 Å². The second-order valence-electron chi connectivity index (χ2n) is 7.80. The van der Waals surface area contributed by atoms with Gasteiger partial charge in [0.1, 0.15) is 0 Å². The van der Waals surface area contributed by atoms with Crippen molar-refractivity contribution < 1.29 is 4.79 Å². The molecule has 0 N–H and O–H groups in total. The molecule has 0 aromatic carbocycles. The molecule has 1 aliphatic heterocycles. The maximum atomic E-state index is 13.0. The van der Waals surface area contributed by atoms with E-state index in [9.17, 15) is 4.79 Å². The van der Waals surface area contributed by atoms with Crippen LogP contribution in [0.25, 0.3) is 0 Å². The Morgan fingerprint density at radius 1 is 1.00 bits per heavy atom. The number of aromatic nitrogens is 2. The van der Waals surface area contributed by atoms with Gasteiger partial charge < -0.3 is 4.90 Å². The molecule has 1 aliphatic rings. The molecule has 2 heterocycles. The molecule has 1 aromatic rings. The number of amides is 1. The number of hydrogen-bond donors (Lipinski definition) is 0. The number of hydrogen-bond acceptors (Lipinski definition) is 2. The molecular formula is C17H29N3O. The second-order valence-corrected chi connectivity index (χ2v) is 7.80. The number of carbonyl (C=O) groups is 1. The van der Waals surface area contributed by atoms with E-state index in [1.54, 1.807) is 0 Å². The van der Waals surface area contributed by atoms with Crippen LogP contribution in [-0.4, -0.2) is 32.2 Å². The first kappa shape index (κ1) is 16.1. The molecule has 0 bridgehead atoms. The van der Waals surface area contributed by atoms with E-state index >= 15 is 0 Å². The third-order valence-electron chi connectivity index (χ3n) is 5.33. The molecule has 0 radical (unpaired) electrons. The molecule has 0 spiro atoms. The van der Waals surface area contributed by atoms with E-state index in [1.807, 2.05) is 9.58 Å².